The molecule has 0 spiro atoms. The van der Waals surface area contributed by atoms with E-state index in [0.29, 0.717) is 0 Å². The van der Waals surface area contributed by atoms with Crippen LogP contribution in [-0.4, -0.2) is 39.1 Å². The minimum atomic E-state index is 0.754. The van der Waals surface area contributed by atoms with Gasteiger partial charge < -0.3 is 9.80 Å². The summed E-state index contributed by atoms with van der Waals surface area (Å²) in [4.78, 5) is 4.36. The lowest BCUT2D eigenvalue weighted by molar-refractivity contribution is 0.416. The van der Waals surface area contributed by atoms with Crippen molar-refractivity contribution < 1.29 is 0 Å². The largest absolute Gasteiger partial charge is 0.373 e. The van der Waals surface area contributed by atoms with Crippen molar-refractivity contribution in [2.75, 3.05) is 39.1 Å². The van der Waals surface area contributed by atoms with Crippen LogP contribution in [0.1, 0.15) is 11.1 Å². The highest BCUT2D eigenvalue weighted by molar-refractivity contribution is 5.53. The molecule has 1 aromatic rings. The molecule has 1 aromatic carbocycles. The van der Waals surface area contributed by atoms with Crippen LogP contribution in [0.3, 0.4) is 0 Å². The van der Waals surface area contributed by atoms with E-state index in [9.17, 15) is 0 Å². The second-order valence-electron chi connectivity index (χ2n) is 4.34. The molecular weight excluding hydrogens is 198 g/mol. The van der Waals surface area contributed by atoms with Crippen LogP contribution in [-0.2, 0) is 0 Å². The van der Waals surface area contributed by atoms with Gasteiger partial charge in [-0.1, -0.05) is 0 Å². The van der Waals surface area contributed by atoms with E-state index in [2.05, 4.69) is 43.1 Å². The SMILES string of the molecule is Cc1cc(N(C)CCN(C)C)ccc1C#N. The van der Waals surface area contributed by atoms with Crippen LogP contribution < -0.4 is 4.90 Å². The number of benzene rings is 1. The van der Waals surface area contributed by atoms with Gasteiger partial charge >= 0.3 is 0 Å². The molecule has 0 heterocycles. The third-order valence-electron chi connectivity index (χ3n) is 2.65. The normalized spacial score (nSPS) is 10.2. The van der Waals surface area contributed by atoms with Gasteiger partial charge in [0, 0.05) is 25.8 Å². The van der Waals surface area contributed by atoms with E-state index < -0.39 is 0 Å². The van der Waals surface area contributed by atoms with Crippen molar-refractivity contribution in [3.63, 3.8) is 0 Å². The first-order valence-electron chi connectivity index (χ1n) is 5.41. The van der Waals surface area contributed by atoms with E-state index in [1.807, 2.05) is 19.1 Å². The van der Waals surface area contributed by atoms with Crippen molar-refractivity contribution in [1.82, 2.24) is 4.90 Å². The Morgan fingerprint density at radius 3 is 2.38 bits per heavy atom. The molecule has 1 rings (SSSR count). The molecule has 16 heavy (non-hydrogen) atoms. The average molecular weight is 217 g/mol. The van der Waals surface area contributed by atoms with Crippen molar-refractivity contribution in [2.45, 2.75) is 6.92 Å². The Labute approximate surface area is 97.9 Å². The zero-order valence-corrected chi connectivity index (χ0v) is 10.5. The van der Waals surface area contributed by atoms with Crippen LogP contribution >= 0.6 is 0 Å². The highest BCUT2D eigenvalue weighted by Crippen LogP contribution is 2.17. The Kier molecular flexibility index (Phi) is 4.33. The fourth-order valence-electron chi connectivity index (χ4n) is 1.49. The first-order chi connectivity index (χ1) is 7.54. The van der Waals surface area contributed by atoms with Gasteiger partial charge in [-0.2, -0.15) is 5.26 Å². The van der Waals surface area contributed by atoms with Gasteiger partial charge in [-0.3, -0.25) is 0 Å². The van der Waals surface area contributed by atoms with Gasteiger partial charge in [-0.15, -0.1) is 0 Å². The second-order valence-corrected chi connectivity index (χ2v) is 4.34. The summed E-state index contributed by atoms with van der Waals surface area (Å²) in [5.74, 6) is 0. The van der Waals surface area contributed by atoms with Crippen LogP contribution in [0.4, 0.5) is 5.69 Å². The van der Waals surface area contributed by atoms with E-state index in [1.54, 1.807) is 0 Å². The highest BCUT2D eigenvalue weighted by Gasteiger charge is 2.04. The molecule has 0 atom stereocenters. The minimum absolute atomic E-state index is 0.754. The lowest BCUT2D eigenvalue weighted by Gasteiger charge is -2.22. The number of hydrogen-bond acceptors (Lipinski definition) is 3. The van der Waals surface area contributed by atoms with Gasteiger partial charge in [0.2, 0.25) is 0 Å². The molecule has 3 heteroatoms. The molecule has 0 N–H and O–H groups in total. The Hall–Kier alpha value is -1.53. The second kappa shape index (κ2) is 5.53. The van der Waals surface area contributed by atoms with Gasteiger partial charge in [0.1, 0.15) is 0 Å². The van der Waals surface area contributed by atoms with E-state index in [-0.39, 0.29) is 0 Å². The lowest BCUT2D eigenvalue weighted by atomic mass is 10.1. The molecule has 0 amide bonds. The van der Waals surface area contributed by atoms with Gasteiger partial charge in [-0.25, -0.2) is 0 Å². The topological polar surface area (TPSA) is 30.3 Å². The third kappa shape index (κ3) is 3.25. The maximum absolute atomic E-state index is 8.85. The molecule has 0 saturated carbocycles. The smallest absolute Gasteiger partial charge is 0.0994 e. The number of nitriles is 1. The molecule has 0 unspecified atom stereocenters. The Morgan fingerprint density at radius 2 is 1.88 bits per heavy atom. The van der Waals surface area contributed by atoms with Crippen molar-refractivity contribution in [2.24, 2.45) is 0 Å². The van der Waals surface area contributed by atoms with E-state index in [1.165, 1.54) is 5.69 Å². The standard InChI is InChI=1S/C13H19N3/c1-11-9-13(6-5-12(11)10-14)16(4)8-7-15(2)3/h5-6,9H,7-8H2,1-4H3. The Morgan fingerprint density at radius 1 is 1.19 bits per heavy atom. The van der Waals surface area contributed by atoms with Crippen LogP contribution in [0.2, 0.25) is 0 Å². The number of rotatable bonds is 4. The van der Waals surface area contributed by atoms with Crippen molar-refractivity contribution in [1.29, 1.82) is 5.26 Å². The summed E-state index contributed by atoms with van der Waals surface area (Å²) < 4.78 is 0. The zero-order chi connectivity index (χ0) is 12.1. The number of hydrogen-bond donors (Lipinski definition) is 0. The minimum Gasteiger partial charge on any atom is -0.373 e. The Balaban J connectivity index is 2.74. The molecule has 0 radical (unpaired) electrons. The number of likely N-dealkylation sites (N-methyl/N-ethyl adjacent to an activating group) is 2. The predicted molar refractivity (Wildman–Crippen MR) is 67.7 cm³/mol. The molecule has 0 aliphatic carbocycles. The van der Waals surface area contributed by atoms with Gasteiger partial charge in [0.05, 0.1) is 11.6 Å². The summed E-state index contributed by atoms with van der Waals surface area (Å²) in [6.07, 6.45) is 0. The zero-order valence-electron chi connectivity index (χ0n) is 10.5. The quantitative estimate of drug-likeness (QED) is 0.771. The first kappa shape index (κ1) is 12.5. The first-order valence-corrected chi connectivity index (χ1v) is 5.41. The molecule has 0 bridgehead atoms. The molecule has 0 saturated heterocycles. The number of anilines is 1. The molecule has 3 nitrogen and oxygen atoms in total. The summed E-state index contributed by atoms with van der Waals surface area (Å²) >= 11 is 0. The molecule has 0 aliphatic rings. The van der Waals surface area contributed by atoms with Crippen LogP contribution in [0.25, 0.3) is 0 Å². The fraction of sp³-hybridized carbons (Fsp3) is 0.462. The van der Waals surface area contributed by atoms with Crippen LogP contribution in [0.5, 0.6) is 0 Å². The van der Waals surface area contributed by atoms with Crippen molar-refractivity contribution in [3.8, 4) is 6.07 Å². The average Bonchev–Trinajstić information content (AvgIpc) is 2.25. The van der Waals surface area contributed by atoms with E-state index in [4.69, 9.17) is 5.26 Å². The van der Waals surface area contributed by atoms with E-state index in [0.717, 1.165) is 24.2 Å². The molecule has 86 valence electrons. The summed E-state index contributed by atoms with van der Waals surface area (Å²) in [6.45, 7) is 3.98. The maximum Gasteiger partial charge on any atom is 0.0994 e. The summed E-state index contributed by atoms with van der Waals surface area (Å²) in [6, 6.07) is 8.14. The molecular formula is C13H19N3. The fourth-order valence-corrected chi connectivity index (χ4v) is 1.49. The molecule has 0 aliphatic heterocycles. The summed E-state index contributed by atoms with van der Waals surface area (Å²) in [5, 5.41) is 8.85. The van der Waals surface area contributed by atoms with Gasteiger partial charge in [-0.05, 0) is 44.8 Å². The highest BCUT2D eigenvalue weighted by atomic mass is 15.1. The number of aryl methyl sites for hydroxylation is 1. The van der Waals surface area contributed by atoms with Crippen molar-refractivity contribution in [3.05, 3.63) is 29.3 Å². The monoisotopic (exact) mass is 217 g/mol. The van der Waals surface area contributed by atoms with Gasteiger partial charge in [0.15, 0.2) is 0 Å². The van der Waals surface area contributed by atoms with Crippen LogP contribution in [0, 0.1) is 18.3 Å². The van der Waals surface area contributed by atoms with E-state index >= 15 is 0 Å². The molecule has 0 aromatic heterocycles. The summed E-state index contributed by atoms with van der Waals surface area (Å²) in [5.41, 5.74) is 2.96. The third-order valence-corrected chi connectivity index (χ3v) is 2.65. The molecule has 0 fully saturated rings. The van der Waals surface area contributed by atoms with Gasteiger partial charge in [0.25, 0.3) is 0 Å². The number of nitrogens with zero attached hydrogens (tertiary/aromatic N) is 3. The predicted octanol–water partition coefficient (Wildman–Crippen LogP) is 1.86. The Bertz CT molecular complexity index is 391. The van der Waals surface area contributed by atoms with Crippen molar-refractivity contribution >= 4 is 5.69 Å². The van der Waals surface area contributed by atoms with Crippen LogP contribution in [0.15, 0.2) is 18.2 Å². The lowest BCUT2D eigenvalue weighted by Crippen LogP contribution is -2.28. The maximum atomic E-state index is 8.85. The summed E-state index contributed by atoms with van der Waals surface area (Å²) in [7, 11) is 6.21.